The molecule has 2 rings (SSSR count). The number of hydrogen-bond acceptors (Lipinski definition) is 5. The molecule has 1 aliphatic rings. The molecule has 0 atom stereocenters. The van der Waals surface area contributed by atoms with E-state index >= 15 is 0 Å². The third-order valence-electron chi connectivity index (χ3n) is 2.12. The van der Waals surface area contributed by atoms with E-state index in [1.807, 2.05) is 6.07 Å². The molecule has 2 N–H and O–H groups in total. The molecule has 1 aromatic rings. The van der Waals surface area contributed by atoms with Gasteiger partial charge in [0, 0.05) is 19.9 Å². The van der Waals surface area contributed by atoms with Crippen molar-refractivity contribution in [3.05, 3.63) is 17.3 Å². The van der Waals surface area contributed by atoms with Crippen molar-refractivity contribution in [2.45, 2.75) is 26.2 Å². The minimum absolute atomic E-state index is 0.211. The van der Waals surface area contributed by atoms with Gasteiger partial charge in [0.25, 0.3) is 0 Å². The predicted molar refractivity (Wildman–Crippen MR) is 52.9 cm³/mol. The molecule has 0 unspecified atom stereocenters. The topological polar surface area (TPSA) is 81.2 Å². The maximum absolute atomic E-state index is 8.79. The zero-order valence-corrected chi connectivity index (χ0v) is 8.57. The Kier molecular flexibility index (Phi) is 2.02. The Labute approximate surface area is 87.4 Å². The molecular weight excluding hydrogens is 194 g/mol. The van der Waals surface area contributed by atoms with E-state index in [1.165, 1.54) is 0 Å². The molecule has 1 aliphatic heterocycles. The average Bonchev–Trinajstić information content (AvgIpc) is 2.17. The molecule has 15 heavy (non-hydrogen) atoms. The van der Waals surface area contributed by atoms with E-state index in [1.54, 1.807) is 19.9 Å². The lowest BCUT2D eigenvalue weighted by molar-refractivity contribution is -0.181. The first-order valence-corrected chi connectivity index (χ1v) is 4.54. The average molecular weight is 205 g/mol. The highest BCUT2D eigenvalue weighted by atomic mass is 16.7. The first kappa shape index (κ1) is 9.74. The summed E-state index contributed by atoms with van der Waals surface area (Å²) in [6, 6.07) is 3.56. The van der Waals surface area contributed by atoms with Crippen LogP contribution in [0.5, 0.6) is 5.75 Å². The fraction of sp³-hybridized carbons (Fsp3) is 0.400. The van der Waals surface area contributed by atoms with Crippen LogP contribution in [-0.4, -0.2) is 10.8 Å². The van der Waals surface area contributed by atoms with Crippen LogP contribution in [0.25, 0.3) is 0 Å². The summed E-state index contributed by atoms with van der Waals surface area (Å²) in [6.07, 6.45) is 0. The summed E-state index contributed by atoms with van der Waals surface area (Å²) in [5.74, 6) is 0.0949. The largest absolute Gasteiger partial charge is 0.461 e. The van der Waals surface area contributed by atoms with E-state index in [2.05, 4.69) is 4.98 Å². The van der Waals surface area contributed by atoms with Gasteiger partial charge in [-0.3, -0.25) is 0 Å². The summed E-state index contributed by atoms with van der Waals surface area (Å²) >= 11 is 0. The van der Waals surface area contributed by atoms with E-state index in [4.69, 9.17) is 20.5 Å². The number of nitriles is 1. The quantitative estimate of drug-likeness (QED) is 0.687. The molecule has 0 spiro atoms. The van der Waals surface area contributed by atoms with Crippen molar-refractivity contribution in [2.24, 2.45) is 0 Å². The van der Waals surface area contributed by atoms with Crippen molar-refractivity contribution >= 4 is 5.82 Å². The summed E-state index contributed by atoms with van der Waals surface area (Å²) in [7, 11) is 0. The van der Waals surface area contributed by atoms with Gasteiger partial charge in [-0.25, -0.2) is 4.98 Å². The van der Waals surface area contributed by atoms with E-state index in [0.717, 1.165) is 0 Å². The van der Waals surface area contributed by atoms with Crippen LogP contribution >= 0.6 is 0 Å². The van der Waals surface area contributed by atoms with Crippen molar-refractivity contribution in [1.29, 1.82) is 5.26 Å². The normalized spacial score (nSPS) is 17.4. The summed E-state index contributed by atoms with van der Waals surface area (Å²) in [4.78, 5) is 4.06. The second-order valence-corrected chi connectivity index (χ2v) is 3.77. The zero-order chi connectivity index (χ0) is 11.1. The van der Waals surface area contributed by atoms with Crippen LogP contribution in [0, 0.1) is 11.3 Å². The van der Waals surface area contributed by atoms with Crippen molar-refractivity contribution in [1.82, 2.24) is 4.98 Å². The number of anilines is 1. The number of pyridine rings is 1. The molecule has 0 aromatic carbocycles. The molecular formula is C10H11N3O2. The molecule has 5 nitrogen and oxygen atoms in total. The SMILES string of the molecule is CC1(C)OCc2nc(N)c(C#N)cc2O1. The highest BCUT2D eigenvalue weighted by molar-refractivity contribution is 5.53. The number of nitrogens with two attached hydrogens (primary N) is 1. The molecule has 0 aliphatic carbocycles. The van der Waals surface area contributed by atoms with Crippen molar-refractivity contribution in [2.75, 3.05) is 5.73 Å². The zero-order valence-electron chi connectivity index (χ0n) is 8.57. The summed E-state index contributed by atoms with van der Waals surface area (Å²) < 4.78 is 10.9. The lowest BCUT2D eigenvalue weighted by Crippen LogP contribution is -2.35. The Hall–Kier alpha value is -1.80. The van der Waals surface area contributed by atoms with E-state index < -0.39 is 5.79 Å². The Morgan fingerprint density at radius 3 is 3.00 bits per heavy atom. The maximum Gasteiger partial charge on any atom is 0.205 e. The first-order valence-electron chi connectivity index (χ1n) is 4.54. The second kappa shape index (κ2) is 3.11. The number of aromatic nitrogens is 1. The number of nitrogen functional groups attached to an aromatic ring is 1. The molecule has 0 fully saturated rings. The van der Waals surface area contributed by atoms with Crippen LogP contribution < -0.4 is 10.5 Å². The number of rotatable bonds is 0. The van der Waals surface area contributed by atoms with Gasteiger partial charge in [0.1, 0.15) is 23.3 Å². The summed E-state index contributed by atoms with van der Waals surface area (Å²) in [5, 5.41) is 8.79. The van der Waals surface area contributed by atoms with Gasteiger partial charge >= 0.3 is 0 Å². The van der Waals surface area contributed by atoms with Gasteiger partial charge in [-0.1, -0.05) is 0 Å². The third-order valence-corrected chi connectivity index (χ3v) is 2.12. The first-order chi connectivity index (χ1) is 7.02. The molecule has 78 valence electrons. The number of nitrogens with zero attached hydrogens (tertiary/aromatic N) is 2. The van der Waals surface area contributed by atoms with Gasteiger partial charge in [-0.05, 0) is 0 Å². The lowest BCUT2D eigenvalue weighted by atomic mass is 10.2. The van der Waals surface area contributed by atoms with Gasteiger partial charge in [0.2, 0.25) is 5.79 Å². The maximum atomic E-state index is 8.79. The molecule has 1 aromatic heterocycles. The number of hydrogen-bond donors (Lipinski definition) is 1. The summed E-state index contributed by atoms with van der Waals surface area (Å²) in [5.41, 5.74) is 6.53. The Bertz CT molecular complexity index is 449. The fourth-order valence-electron chi connectivity index (χ4n) is 1.37. The molecule has 0 radical (unpaired) electrons. The minimum atomic E-state index is -0.683. The molecule has 0 saturated carbocycles. The van der Waals surface area contributed by atoms with Crippen LogP contribution in [0.1, 0.15) is 25.1 Å². The van der Waals surface area contributed by atoms with Gasteiger partial charge in [-0.15, -0.1) is 0 Å². The Morgan fingerprint density at radius 2 is 2.33 bits per heavy atom. The van der Waals surface area contributed by atoms with Crippen LogP contribution in [0.4, 0.5) is 5.82 Å². The van der Waals surface area contributed by atoms with E-state index in [-0.39, 0.29) is 5.82 Å². The van der Waals surface area contributed by atoms with E-state index in [9.17, 15) is 0 Å². The van der Waals surface area contributed by atoms with Crippen LogP contribution in [0.3, 0.4) is 0 Å². The highest BCUT2D eigenvalue weighted by Gasteiger charge is 2.28. The van der Waals surface area contributed by atoms with Gasteiger partial charge in [0.05, 0.1) is 12.2 Å². The second-order valence-electron chi connectivity index (χ2n) is 3.77. The smallest absolute Gasteiger partial charge is 0.205 e. The highest BCUT2D eigenvalue weighted by Crippen LogP contribution is 2.31. The van der Waals surface area contributed by atoms with Gasteiger partial charge in [0.15, 0.2) is 0 Å². The summed E-state index contributed by atoms with van der Waals surface area (Å²) in [6.45, 7) is 3.95. The fourth-order valence-corrected chi connectivity index (χ4v) is 1.37. The molecule has 0 amide bonds. The molecule has 5 heteroatoms. The third kappa shape index (κ3) is 1.72. The van der Waals surface area contributed by atoms with Crippen LogP contribution in [0.2, 0.25) is 0 Å². The van der Waals surface area contributed by atoms with E-state index in [0.29, 0.717) is 23.6 Å². The Morgan fingerprint density at radius 1 is 1.60 bits per heavy atom. The number of fused-ring (bicyclic) bond motifs is 1. The van der Waals surface area contributed by atoms with Crippen LogP contribution in [-0.2, 0) is 11.3 Å². The molecule has 2 heterocycles. The standard InChI is InChI=1S/C10H11N3O2/c1-10(2)14-5-7-8(15-10)3-6(4-11)9(12)13-7/h3H,5H2,1-2H3,(H2,12,13). The predicted octanol–water partition coefficient (Wildman–Crippen LogP) is 1.18. The van der Waals surface area contributed by atoms with Crippen molar-refractivity contribution < 1.29 is 9.47 Å². The lowest BCUT2D eigenvalue weighted by Gasteiger charge is -2.32. The van der Waals surface area contributed by atoms with Gasteiger partial charge in [-0.2, -0.15) is 5.26 Å². The minimum Gasteiger partial charge on any atom is -0.461 e. The number of ether oxygens (including phenoxy) is 2. The van der Waals surface area contributed by atoms with Crippen LogP contribution in [0.15, 0.2) is 6.07 Å². The molecule has 0 bridgehead atoms. The van der Waals surface area contributed by atoms with Crippen molar-refractivity contribution in [3.63, 3.8) is 0 Å². The molecule has 0 saturated heterocycles. The van der Waals surface area contributed by atoms with Crippen molar-refractivity contribution in [3.8, 4) is 11.8 Å². The Balaban J connectivity index is 2.47. The van der Waals surface area contributed by atoms with Gasteiger partial charge < -0.3 is 15.2 Å². The monoisotopic (exact) mass is 205 g/mol.